The van der Waals surface area contributed by atoms with Crippen molar-refractivity contribution < 1.29 is 4.74 Å². The van der Waals surface area contributed by atoms with Gasteiger partial charge in [-0.25, -0.2) is 0 Å². The molecule has 2 N–H and O–H groups in total. The molecule has 4 nitrogen and oxygen atoms in total. The molecule has 2 aliphatic rings. The van der Waals surface area contributed by atoms with Gasteiger partial charge in [-0.1, -0.05) is 0 Å². The smallest absolute Gasteiger partial charge is 0.119 e. The van der Waals surface area contributed by atoms with Gasteiger partial charge < -0.3 is 10.5 Å². The van der Waals surface area contributed by atoms with Crippen LogP contribution in [0.2, 0.25) is 0 Å². The van der Waals surface area contributed by atoms with Crippen LogP contribution in [0.15, 0.2) is 0 Å². The Balaban J connectivity index is 1.96. The summed E-state index contributed by atoms with van der Waals surface area (Å²) in [5.41, 5.74) is 5.52. The predicted octanol–water partition coefficient (Wildman–Crippen LogP) is 0.338. The molecule has 0 aromatic rings. The molecule has 1 aliphatic heterocycles. The summed E-state index contributed by atoms with van der Waals surface area (Å²) in [6.07, 6.45) is 2.23. The second-order valence-corrected chi connectivity index (χ2v) is 4.82. The van der Waals surface area contributed by atoms with Crippen LogP contribution < -0.4 is 5.73 Å². The van der Waals surface area contributed by atoms with Gasteiger partial charge in [-0.2, -0.15) is 5.26 Å². The molecule has 0 spiro atoms. The predicted molar refractivity (Wildman–Crippen MR) is 57.1 cm³/mol. The summed E-state index contributed by atoms with van der Waals surface area (Å²) in [7, 11) is 0. The molecule has 1 aliphatic carbocycles. The summed E-state index contributed by atoms with van der Waals surface area (Å²) in [6, 6.07) is 2.69. The number of nitriles is 1. The number of hydrogen-bond acceptors (Lipinski definition) is 4. The largest absolute Gasteiger partial charge is 0.379 e. The summed E-state index contributed by atoms with van der Waals surface area (Å²) < 4.78 is 5.37. The van der Waals surface area contributed by atoms with Crippen molar-refractivity contribution in [3.05, 3.63) is 0 Å². The normalized spacial score (nSPS) is 31.9. The molecular weight excluding hydrogens is 190 g/mol. The molecule has 1 saturated heterocycles. The number of nitrogens with two attached hydrogens (primary N) is 1. The molecule has 15 heavy (non-hydrogen) atoms. The molecule has 2 rings (SSSR count). The summed E-state index contributed by atoms with van der Waals surface area (Å²) in [5, 5.41) is 9.18. The van der Waals surface area contributed by atoms with Gasteiger partial charge in [0.05, 0.1) is 19.3 Å². The van der Waals surface area contributed by atoms with Crippen molar-refractivity contribution in [3.63, 3.8) is 0 Å². The highest BCUT2D eigenvalue weighted by Gasteiger charge is 2.44. The highest BCUT2D eigenvalue weighted by atomic mass is 16.5. The SMILES string of the molecule is CC1COCCN1CC(N)(C#N)C1CC1. The molecule has 84 valence electrons. The zero-order chi connectivity index (χ0) is 10.9. The summed E-state index contributed by atoms with van der Waals surface area (Å²) in [5.74, 6) is 0.414. The highest BCUT2D eigenvalue weighted by molar-refractivity contribution is 5.15. The van der Waals surface area contributed by atoms with Crippen LogP contribution in [0.3, 0.4) is 0 Å². The van der Waals surface area contributed by atoms with Crippen LogP contribution in [0, 0.1) is 17.2 Å². The van der Waals surface area contributed by atoms with E-state index in [1.165, 1.54) is 0 Å². The molecule has 1 heterocycles. The van der Waals surface area contributed by atoms with E-state index in [9.17, 15) is 5.26 Å². The van der Waals surface area contributed by atoms with Gasteiger partial charge in [0.1, 0.15) is 5.54 Å². The van der Waals surface area contributed by atoms with Crippen LogP contribution in [0.4, 0.5) is 0 Å². The minimum atomic E-state index is -0.633. The first-order chi connectivity index (χ1) is 7.15. The van der Waals surface area contributed by atoms with Gasteiger partial charge in [0.15, 0.2) is 0 Å². The van der Waals surface area contributed by atoms with Gasteiger partial charge in [-0.15, -0.1) is 0 Å². The molecule has 1 saturated carbocycles. The Hall–Kier alpha value is -0.630. The van der Waals surface area contributed by atoms with E-state index in [-0.39, 0.29) is 0 Å². The minimum absolute atomic E-state index is 0.383. The van der Waals surface area contributed by atoms with E-state index in [4.69, 9.17) is 10.5 Å². The van der Waals surface area contributed by atoms with Crippen molar-refractivity contribution in [2.24, 2.45) is 11.7 Å². The van der Waals surface area contributed by atoms with Gasteiger partial charge in [0.25, 0.3) is 0 Å². The van der Waals surface area contributed by atoms with Gasteiger partial charge in [0.2, 0.25) is 0 Å². The second kappa shape index (κ2) is 4.09. The number of rotatable bonds is 3. The molecule has 4 heteroatoms. The quantitative estimate of drug-likeness (QED) is 0.728. The zero-order valence-electron chi connectivity index (χ0n) is 9.28. The average Bonchev–Trinajstić information content (AvgIpc) is 3.05. The monoisotopic (exact) mass is 209 g/mol. The van der Waals surface area contributed by atoms with Crippen molar-refractivity contribution in [3.8, 4) is 6.07 Å². The number of ether oxygens (including phenoxy) is 1. The lowest BCUT2D eigenvalue weighted by molar-refractivity contribution is -0.00770. The molecule has 0 aromatic heterocycles. The molecule has 0 amide bonds. The van der Waals surface area contributed by atoms with Gasteiger partial charge in [0, 0.05) is 19.1 Å². The van der Waals surface area contributed by atoms with Gasteiger partial charge >= 0.3 is 0 Å². The van der Waals surface area contributed by atoms with E-state index in [1.807, 2.05) is 0 Å². The fourth-order valence-electron chi connectivity index (χ4n) is 2.19. The van der Waals surface area contributed by atoms with E-state index < -0.39 is 5.54 Å². The minimum Gasteiger partial charge on any atom is -0.379 e. The second-order valence-electron chi connectivity index (χ2n) is 4.82. The van der Waals surface area contributed by atoms with E-state index in [1.54, 1.807) is 0 Å². The maximum Gasteiger partial charge on any atom is 0.119 e. The van der Waals surface area contributed by atoms with Crippen molar-refractivity contribution >= 4 is 0 Å². The average molecular weight is 209 g/mol. The van der Waals surface area contributed by atoms with E-state index >= 15 is 0 Å². The lowest BCUT2D eigenvalue weighted by Crippen LogP contribution is -2.56. The van der Waals surface area contributed by atoms with Crippen LogP contribution >= 0.6 is 0 Å². The van der Waals surface area contributed by atoms with Crippen molar-refractivity contribution in [1.82, 2.24) is 4.90 Å². The molecule has 0 bridgehead atoms. The molecule has 2 fully saturated rings. The Labute approximate surface area is 91.0 Å². The third-order valence-corrected chi connectivity index (χ3v) is 3.48. The number of morpholine rings is 1. The number of hydrogen-bond donors (Lipinski definition) is 1. The van der Waals surface area contributed by atoms with Crippen LogP contribution in [0.25, 0.3) is 0 Å². The molecule has 2 unspecified atom stereocenters. The zero-order valence-corrected chi connectivity index (χ0v) is 9.28. The Kier molecular flexibility index (Phi) is 2.96. The standard InChI is InChI=1S/C11H19N3O/c1-9-6-15-5-4-14(9)8-11(13,7-12)10-2-3-10/h9-10H,2-6,8,13H2,1H3. The summed E-state index contributed by atoms with van der Waals surface area (Å²) in [6.45, 7) is 5.24. The Morgan fingerprint density at radius 3 is 2.87 bits per heavy atom. The maximum absolute atomic E-state index is 9.18. The van der Waals surface area contributed by atoms with Crippen molar-refractivity contribution in [1.29, 1.82) is 5.26 Å². The third kappa shape index (κ3) is 2.31. The maximum atomic E-state index is 9.18. The highest BCUT2D eigenvalue weighted by Crippen LogP contribution is 2.38. The van der Waals surface area contributed by atoms with Crippen LogP contribution in [-0.2, 0) is 4.74 Å². The Bertz CT molecular complexity index is 271. The fraction of sp³-hybridized carbons (Fsp3) is 0.909. The first-order valence-corrected chi connectivity index (χ1v) is 5.67. The topological polar surface area (TPSA) is 62.3 Å². The lowest BCUT2D eigenvalue weighted by Gasteiger charge is -2.37. The lowest BCUT2D eigenvalue weighted by atomic mass is 9.95. The van der Waals surface area contributed by atoms with E-state index in [0.29, 0.717) is 18.5 Å². The molecular formula is C11H19N3O. The van der Waals surface area contributed by atoms with Gasteiger partial charge in [-0.3, -0.25) is 4.90 Å². The molecule has 0 aromatic carbocycles. The molecule has 2 atom stereocenters. The van der Waals surface area contributed by atoms with Crippen LogP contribution in [-0.4, -0.2) is 42.8 Å². The Morgan fingerprint density at radius 2 is 2.33 bits per heavy atom. The van der Waals surface area contributed by atoms with Gasteiger partial charge in [-0.05, 0) is 25.7 Å². The van der Waals surface area contributed by atoms with Crippen molar-refractivity contribution in [2.45, 2.75) is 31.3 Å². The summed E-state index contributed by atoms with van der Waals surface area (Å²) >= 11 is 0. The molecule has 0 radical (unpaired) electrons. The number of nitrogens with zero attached hydrogens (tertiary/aromatic N) is 2. The first kappa shape index (κ1) is 10.9. The van der Waals surface area contributed by atoms with Crippen LogP contribution in [0.5, 0.6) is 0 Å². The first-order valence-electron chi connectivity index (χ1n) is 5.67. The Morgan fingerprint density at radius 1 is 1.60 bits per heavy atom. The summed E-state index contributed by atoms with van der Waals surface area (Å²) in [4.78, 5) is 2.28. The fourth-order valence-corrected chi connectivity index (χ4v) is 2.19. The van der Waals surface area contributed by atoms with E-state index in [0.717, 1.165) is 32.6 Å². The van der Waals surface area contributed by atoms with Crippen LogP contribution in [0.1, 0.15) is 19.8 Å². The third-order valence-electron chi connectivity index (χ3n) is 3.48. The van der Waals surface area contributed by atoms with Crippen molar-refractivity contribution in [2.75, 3.05) is 26.3 Å². The van der Waals surface area contributed by atoms with E-state index in [2.05, 4.69) is 17.9 Å².